The first kappa shape index (κ1) is 11.9. The molecule has 16 heavy (non-hydrogen) atoms. The van der Waals surface area contributed by atoms with Gasteiger partial charge in [0.1, 0.15) is 0 Å². The van der Waals surface area contributed by atoms with Crippen LogP contribution in [-0.2, 0) is 12.4 Å². The average Bonchev–Trinajstić information content (AvgIpc) is 2.88. The Morgan fingerprint density at radius 3 is 2.81 bits per heavy atom. The number of aromatic nitrogens is 2. The van der Waals surface area contributed by atoms with E-state index in [1.54, 1.807) is 0 Å². The number of halogens is 1. The number of likely N-dealkylation sites (tertiary alicyclic amines) is 1. The molecule has 0 spiro atoms. The van der Waals surface area contributed by atoms with Gasteiger partial charge in [-0.1, -0.05) is 6.92 Å². The van der Waals surface area contributed by atoms with Crippen LogP contribution in [0.4, 0.5) is 0 Å². The van der Waals surface area contributed by atoms with Gasteiger partial charge in [-0.05, 0) is 31.8 Å². The quantitative estimate of drug-likeness (QED) is 0.738. The second-order valence-electron chi connectivity index (χ2n) is 4.78. The predicted octanol–water partition coefficient (Wildman–Crippen LogP) is 2.35. The van der Waals surface area contributed by atoms with Crippen LogP contribution in [0.2, 0.25) is 0 Å². The summed E-state index contributed by atoms with van der Waals surface area (Å²) in [5, 5.41) is 0. The first-order valence-electron chi connectivity index (χ1n) is 6.07. The van der Waals surface area contributed by atoms with E-state index in [1.165, 1.54) is 32.5 Å². The lowest BCUT2D eigenvalue weighted by Gasteiger charge is -2.21. The summed E-state index contributed by atoms with van der Waals surface area (Å²) in [4.78, 5) is 6.70. The zero-order valence-electron chi connectivity index (χ0n) is 9.90. The predicted molar refractivity (Wildman–Crippen MR) is 66.6 cm³/mol. The van der Waals surface area contributed by atoms with Gasteiger partial charge in [0.05, 0.1) is 17.9 Å². The van der Waals surface area contributed by atoms with Crippen LogP contribution in [0.3, 0.4) is 0 Å². The van der Waals surface area contributed by atoms with Crippen molar-refractivity contribution in [3.05, 3.63) is 18.2 Å². The summed E-state index contributed by atoms with van der Waals surface area (Å²) in [6.45, 7) is 7.07. The molecule has 0 amide bonds. The lowest BCUT2D eigenvalue weighted by atomic mass is 10.1. The fraction of sp³-hybridized carbons (Fsp3) is 0.750. The molecular weight excluding hydrogens is 222 g/mol. The lowest BCUT2D eigenvalue weighted by molar-refractivity contribution is 0.271. The lowest BCUT2D eigenvalue weighted by Crippen LogP contribution is -2.27. The van der Waals surface area contributed by atoms with Crippen LogP contribution in [0.25, 0.3) is 0 Å². The van der Waals surface area contributed by atoms with E-state index in [1.807, 2.05) is 12.5 Å². The van der Waals surface area contributed by atoms with Gasteiger partial charge in [-0.2, -0.15) is 0 Å². The maximum atomic E-state index is 5.86. The fourth-order valence-electron chi connectivity index (χ4n) is 2.42. The molecule has 0 aliphatic carbocycles. The maximum Gasteiger partial charge on any atom is 0.0948 e. The van der Waals surface area contributed by atoms with Crippen LogP contribution in [-0.4, -0.2) is 34.1 Å². The third-order valence-electron chi connectivity index (χ3n) is 3.21. The van der Waals surface area contributed by atoms with Crippen molar-refractivity contribution in [3.63, 3.8) is 0 Å². The normalized spacial score (nSPS) is 19.1. The number of imidazole rings is 1. The molecule has 0 saturated carbocycles. The van der Waals surface area contributed by atoms with Crippen LogP contribution in [0.1, 0.15) is 25.5 Å². The summed E-state index contributed by atoms with van der Waals surface area (Å²) in [6, 6.07) is 0. The molecule has 1 aliphatic rings. The van der Waals surface area contributed by atoms with E-state index in [-0.39, 0.29) is 0 Å². The van der Waals surface area contributed by atoms with Crippen molar-refractivity contribution >= 4 is 11.6 Å². The smallest absolute Gasteiger partial charge is 0.0948 e. The fourth-order valence-corrected chi connectivity index (χ4v) is 2.65. The molecule has 0 N–H and O–H groups in total. The minimum absolute atomic E-state index is 0.552. The number of hydrogen-bond acceptors (Lipinski definition) is 2. The highest BCUT2D eigenvalue weighted by atomic mass is 35.5. The zero-order valence-corrected chi connectivity index (χ0v) is 10.7. The minimum Gasteiger partial charge on any atom is -0.333 e. The topological polar surface area (TPSA) is 21.1 Å². The van der Waals surface area contributed by atoms with Crippen LogP contribution < -0.4 is 0 Å². The zero-order chi connectivity index (χ0) is 11.4. The van der Waals surface area contributed by atoms with Crippen molar-refractivity contribution in [3.8, 4) is 0 Å². The summed E-state index contributed by atoms with van der Waals surface area (Å²) < 4.78 is 2.17. The number of rotatable bonds is 5. The molecule has 1 atom stereocenters. The molecule has 0 bridgehead atoms. The van der Waals surface area contributed by atoms with Gasteiger partial charge in [0.2, 0.25) is 0 Å². The molecule has 90 valence electrons. The Hall–Kier alpha value is -0.540. The first-order valence-corrected chi connectivity index (χ1v) is 6.60. The molecule has 1 aromatic heterocycles. The highest BCUT2D eigenvalue weighted by molar-refractivity contribution is 6.16. The van der Waals surface area contributed by atoms with Crippen LogP contribution in [0, 0.1) is 5.92 Å². The van der Waals surface area contributed by atoms with Crippen molar-refractivity contribution in [2.75, 3.05) is 19.6 Å². The van der Waals surface area contributed by atoms with Gasteiger partial charge < -0.3 is 9.47 Å². The van der Waals surface area contributed by atoms with Gasteiger partial charge in [-0.15, -0.1) is 11.6 Å². The van der Waals surface area contributed by atoms with E-state index >= 15 is 0 Å². The van der Waals surface area contributed by atoms with E-state index in [2.05, 4.69) is 21.4 Å². The Balaban J connectivity index is 1.84. The van der Waals surface area contributed by atoms with Crippen molar-refractivity contribution in [1.82, 2.24) is 14.5 Å². The third kappa shape index (κ3) is 2.98. The SMILES string of the molecule is CC(CN1CCCC1)Cn1cncc1CCl. The number of hydrogen-bond donors (Lipinski definition) is 0. The Morgan fingerprint density at radius 2 is 2.12 bits per heavy atom. The highest BCUT2D eigenvalue weighted by Gasteiger charge is 2.15. The molecule has 3 nitrogen and oxygen atoms in total. The Labute approximate surface area is 102 Å². The summed E-state index contributed by atoms with van der Waals surface area (Å²) in [7, 11) is 0. The monoisotopic (exact) mass is 241 g/mol. The Bertz CT molecular complexity index is 318. The van der Waals surface area contributed by atoms with E-state index in [9.17, 15) is 0 Å². The van der Waals surface area contributed by atoms with Crippen LogP contribution >= 0.6 is 11.6 Å². The van der Waals surface area contributed by atoms with Gasteiger partial charge in [0.25, 0.3) is 0 Å². The van der Waals surface area contributed by atoms with E-state index < -0.39 is 0 Å². The van der Waals surface area contributed by atoms with Crippen molar-refractivity contribution in [2.45, 2.75) is 32.2 Å². The molecule has 1 unspecified atom stereocenters. The summed E-state index contributed by atoms with van der Waals surface area (Å²) in [5.74, 6) is 1.21. The van der Waals surface area contributed by atoms with Gasteiger partial charge in [-0.25, -0.2) is 4.98 Å². The van der Waals surface area contributed by atoms with Crippen molar-refractivity contribution in [2.24, 2.45) is 5.92 Å². The second-order valence-corrected chi connectivity index (χ2v) is 5.05. The molecule has 1 aliphatic heterocycles. The molecule has 2 rings (SSSR count). The Morgan fingerprint density at radius 1 is 1.38 bits per heavy atom. The molecule has 1 saturated heterocycles. The van der Waals surface area contributed by atoms with Crippen molar-refractivity contribution in [1.29, 1.82) is 0 Å². The van der Waals surface area contributed by atoms with Crippen LogP contribution in [0.15, 0.2) is 12.5 Å². The van der Waals surface area contributed by atoms with E-state index in [0.29, 0.717) is 11.8 Å². The van der Waals surface area contributed by atoms with E-state index in [4.69, 9.17) is 11.6 Å². The van der Waals surface area contributed by atoms with Gasteiger partial charge in [-0.3, -0.25) is 0 Å². The standard InChI is InChI=1S/C12H20ClN3/c1-11(8-15-4-2-3-5-15)9-16-10-14-7-12(16)6-13/h7,10-11H,2-6,8-9H2,1H3. The molecule has 1 fully saturated rings. The summed E-state index contributed by atoms with van der Waals surface area (Å²) >= 11 is 5.86. The maximum absolute atomic E-state index is 5.86. The molecular formula is C12H20ClN3. The largest absolute Gasteiger partial charge is 0.333 e. The summed E-state index contributed by atoms with van der Waals surface area (Å²) in [5.41, 5.74) is 1.12. The van der Waals surface area contributed by atoms with Crippen molar-refractivity contribution < 1.29 is 0 Å². The summed E-state index contributed by atoms with van der Waals surface area (Å²) in [6.07, 6.45) is 6.48. The van der Waals surface area contributed by atoms with Crippen LogP contribution in [0.5, 0.6) is 0 Å². The molecule has 2 heterocycles. The van der Waals surface area contributed by atoms with Gasteiger partial charge in [0.15, 0.2) is 0 Å². The van der Waals surface area contributed by atoms with Gasteiger partial charge >= 0.3 is 0 Å². The minimum atomic E-state index is 0.552. The molecule has 0 aromatic carbocycles. The molecule has 4 heteroatoms. The average molecular weight is 242 g/mol. The molecule has 1 aromatic rings. The number of alkyl halides is 1. The first-order chi connectivity index (χ1) is 7.79. The highest BCUT2D eigenvalue weighted by Crippen LogP contribution is 2.13. The third-order valence-corrected chi connectivity index (χ3v) is 3.49. The molecule has 0 radical (unpaired) electrons. The van der Waals surface area contributed by atoms with Gasteiger partial charge in [0, 0.05) is 19.3 Å². The number of nitrogens with zero attached hydrogens (tertiary/aromatic N) is 3. The van der Waals surface area contributed by atoms with E-state index in [0.717, 1.165) is 12.2 Å². The Kier molecular flexibility index (Phi) is 4.24. The second kappa shape index (κ2) is 5.69.